The lowest BCUT2D eigenvalue weighted by atomic mass is 10.1. The molecule has 144 valence electrons. The van der Waals surface area contributed by atoms with Gasteiger partial charge in [0.25, 0.3) is 0 Å². The lowest BCUT2D eigenvalue weighted by molar-refractivity contribution is -0.154. The number of nitrogens with one attached hydrogen (secondary N) is 2. The van der Waals surface area contributed by atoms with Gasteiger partial charge in [0.2, 0.25) is 5.88 Å². The van der Waals surface area contributed by atoms with E-state index in [1.165, 1.54) is 12.3 Å². The summed E-state index contributed by atoms with van der Waals surface area (Å²) in [4.78, 5) is 7.98. The number of hydrogen-bond acceptors (Lipinski definition) is 3. The molecule has 2 N–H and O–H groups in total. The van der Waals surface area contributed by atoms with Gasteiger partial charge in [0.15, 0.2) is 12.6 Å². The van der Waals surface area contributed by atoms with Crippen LogP contribution >= 0.6 is 24.0 Å². The van der Waals surface area contributed by atoms with Gasteiger partial charge in [-0.25, -0.2) is 4.98 Å². The summed E-state index contributed by atoms with van der Waals surface area (Å²) in [5.41, 5.74) is 0.819. The summed E-state index contributed by atoms with van der Waals surface area (Å²) in [6.45, 7) is 4.32. The summed E-state index contributed by atoms with van der Waals surface area (Å²) in [6, 6.07) is 3.08. The molecule has 1 rings (SSSR count). The highest BCUT2D eigenvalue weighted by Crippen LogP contribution is 2.16. The average molecular weight is 474 g/mol. The maximum atomic E-state index is 12.1. The van der Waals surface area contributed by atoms with Crippen molar-refractivity contribution in [3.05, 3.63) is 23.9 Å². The highest BCUT2D eigenvalue weighted by molar-refractivity contribution is 14.0. The first kappa shape index (κ1) is 23.7. The van der Waals surface area contributed by atoms with Crippen LogP contribution in [-0.2, 0) is 6.54 Å². The van der Waals surface area contributed by atoms with E-state index in [0.717, 1.165) is 24.9 Å². The number of ether oxygens (including phenoxy) is 1. The normalized spacial score (nSPS) is 11.9. The van der Waals surface area contributed by atoms with Gasteiger partial charge in [0, 0.05) is 32.4 Å². The third-order valence-corrected chi connectivity index (χ3v) is 3.12. The number of aliphatic imine (C=N–C) groups is 1. The second kappa shape index (κ2) is 12.2. The zero-order valence-electron chi connectivity index (χ0n) is 14.7. The van der Waals surface area contributed by atoms with Crippen LogP contribution in [-0.4, -0.2) is 37.3 Å². The molecule has 0 radical (unpaired) electrons. The zero-order chi connectivity index (χ0) is 18.0. The summed E-state index contributed by atoms with van der Waals surface area (Å²) in [6.07, 6.45) is -0.682. The second-order valence-corrected chi connectivity index (χ2v) is 5.80. The van der Waals surface area contributed by atoms with E-state index in [1.54, 1.807) is 13.1 Å². The maximum absolute atomic E-state index is 12.1. The van der Waals surface area contributed by atoms with Crippen molar-refractivity contribution < 1.29 is 17.9 Å². The largest absolute Gasteiger partial charge is 0.468 e. The van der Waals surface area contributed by atoms with Crippen LogP contribution in [0.5, 0.6) is 5.88 Å². The van der Waals surface area contributed by atoms with E-state index < -0.39 is 12.8 Å². The maximum Gasteiger partial charge on any atom is 0.422 e. The van der Waals surface area contributed by atoms with Gasteiger partial charge in [-0.2, -0.15) is 13.2 Å². The van der Waals surface area contributed by atoms with Gasteiger partial charge in [-0.05, 0) is 24.3 Å². The van der Waals surface area contributed by atoms with Gasteiger partial charge >= 0.3 is 6.18 Å². The average Bonchev–Trinajstić information content (AvgIpc) is 2.52. The quantitative estimate of drug-likeness (QED) is 0.261. The molecule has 0 aliphatic carbocycles. The van der Waals surface area contributed by atoms with Crippen molar-refractivity contribution in [1.29, 1.82) is 0 Å². The minimum atomic E-state index is -4.37. The predicted octanol–water partition coefficient (Wildman–Crippen LogP) is 3.74. The topological polar surface area (TPSA) is 58.5 Å². The molecule has 1 aromatic heterocycles. The first-order valence-electron chi connectivity index (χ1n) is 7.89. The van der Waals surface area contributed by atoms with Crippen molar-refractivity contribution in [3.8, 4) is 5.88 Å². The molecule has 0 aliphatic heterocycles. The zero-order valence-corrected chi connectivity index (χ0v) is 17.0. The minimum absolute atomic E-state index is 0. The highest BCUT2D eigenvalue weighted by Gasteiger charge is 2.28. The van der Waals surface area contributed by atoms with Crippen molar-refractivity contribution >= 4 is 29.9 Å². The molecular formula is C16H26F3IN4O. The molecule has 0 fully saturated rings. The van der Waals surface area contributed by atoms with Crippen molar-refractivity contribution in [3.63, 3.8) is 0 Å². The van der Waals surface area contributed by atoms with Crippen molar-refractivity contribution in [2.24, 2.45) is 10.9 Å². The fraction of sp³-hybridized carbons (Fsp3) is 0.625. The van der Waals surface area contributed by atoms with E-state index in [0.29, 0.717) is 18.4 Å². The van der Waals surface area contributed by atoms with Gasteiger partial charge < -0.3 is 15.4 Å². The molecule has 1 heterocycles. The summed E-state index contributed by atoms with van der Waals surface area (Å²) in [7, 11) is 1.68. The van der Waals surface area contributed by atoms with E-state index in [9.17, 15) is 13.2 Å². The molecule has 0 saturated carbocycles. The number of aromatic nitrogens is 1. The Hall–Kier alpha value is -1.26. The molecule has 25 heavy (non-hydrogen) atoms. The van der Waals surface area contributed by atoms with Gasteiger partial charge in [-0.3, -0.25) is 4.99 Å². The minimum Gasteiger partial charge on any atom is -0.468 e. The Labute approximate surface area is 163 Å². The smallest absolute Gasteiger partial charge is 0.422 e. The SMILES string of the molecule is CN=C(NCCCC(C)C)NCc1ccc(OCC(F)(F)F)nc1.I. The van der Waals surface area contributed by atoms with E-state index in [-0.39, 0.29) is 29.9 Å². The molecule has 0 bridgehead atoms. The Morgan fingerprint density at radius 1 is 1.28 bits per heavy atom. The van der Waals surface area contributed by atoms with E-state index >= 15 is 0 Å². The molecule has 1 aromatic rings. The highest BCUT2D eigenvalue weighted by atomic mass is 127. The first-order valence-corrected chi connectivity index (χ1v) is 7.89. The Bertz CT molecular complexity index is 507. The number of rotatable bonds is 8. The van der Waals surface area contributed by atoms with Crippen molar-refractivity contribution in [2.75, 3.05) is 20.2 Å². The van der Waals surface area contributed by atoms with Gasteiger partial charge in [0.1, 0.15) is 0 Å². The molecular weight excluding hydrogens is 448 g/mol. The number of pyridine rings is 1. The molecule has 9 heteroatoms. The Kier molecular flexibility index (Phi) is 11.5. The second-order valence-electron chi connectivity index (χ2n) is 5.80. The summed E-state index contributed by atoms with van der Waals surface area (Å²) in [5.74, 6) is 1.30. The molecule has 0 amide bonds. The molecule has 0 spiro atoms. The lowest BCUT2D eigenvalue weighted by Gasteiger charge is -2.13. The Morgan fingerprint density at radius 2 is 2.00 bits per heavy atom. The Morgan fingerprint density at radius 3 is 2.52 bits per heavy atom. The molecule has 0 atom stereocenters. The standard InChI is InChI=1S/C16H25F3N4O.HI/c1-12(2)5-4-8-21-15(20-3)23-10-13-6-7-14(22-9-13)24-11-16(17,18)19;/h6-7,9,12H,4-5,8,10-11H2,1-3H3,(H2,20,21,23);1H. The van der Waals surface area contributed by atoms with Gasteiger partial charge in [-0.15, -0.1) is 24.0 Å². The molecule has 0 aromatic carbocycles. The predicted molar refractivity (Wildman–Crippen MR) is 103 cm³/mol. The summed E-state index contributed by atoms with van der Waals surface area (Å²) in [5, 5.41) is 6.34. The summed E-state index contributed by atoms with van der Waals surface area (Å²) >= 11 is 0. The fourth-order valence-corrected chi connectivity index (χ4v) is 1.88. The molecule has 0 aliphatic rings. The number of guanidine groups is 1. The van der Waals surface area contributed by atoms with E-state index in [2.05, 4.69) is 39.2 Å². The van der Waals surface area contributed by atoms with Crippen LogP contribution in [0.25, 0.3) is 0 Å². The summed E-state index contributed by atoms with van der Waals surface area (Å²) < 4.78 is 40.7. The van der Waals surface area contributed by atoms with Gasteiger partial charge in [-0.1, -0.05) is 19.9 Å². The lowest BCUT2D eigenvalue weighted by Crippen LogP contribution is -2.37. The molecule has 0 saturated heterocycles. The fourth-order valence-electron chi connectivity index (χ4n) is 1.88. The number of alkyl halides is 3. The van der Waals surface area contributed by atoms with E-state index in [4.69, 9.17) is 0 Å². The Balaban J connectivity index is 0.00000576. The number of hydrogen-bond donors (Lipinski definition) is 2. The van der Waals surface area contributed by atoms with Crippen molar-refractivity contribution in [2.45, 2.75) is 39.4 Å². The van der Waals surface area contributed by atoms with Crippen LogP contribution in [0.4, 0.5) is 13.2 Å². The third-order valence-electron chi connectivity index (χ3n) is 3.12. The van der Waals surface area contributed by atoms with Crippen LogP contribution in [0.1, 0.15) is 32.3 Å². The molecule has 0 unspecified atom stereocenters. The van der Waals surface area contributed by atoms with Crippen LogP contribution < -0.4 is 15.4 Å². The first-order chi connectivity index (χ1) is 11.3. The van der Waals surface area contributed by atoms with Crippen LogP contribution in [0.2, 0.25) is 0 Å². The van der Waals surface area contributed by atoms with E-state index in [1.807, 2.05) is 0 Å². The van der Waals surface area contributed by atoms with Crippen LogP contribution in [0.3, 0.4) is 0 Å². The molecule has 5 nitrogen and oxygen atoms in total. The third kappa shape index (κ3) is 11.8. The number of halogens is 4. The number of nitrogens with zero attached hydrogens (tertiary/aromatic N) is 2. The van der Waals surface area contributed by atoms with Crippen LogP contribution in [0.15, 0.2) is 23.3 Å². The van der Waals surface area contributed by atoms with Gasteiger partial charge in [0.05, 0.1) is 0 Å². The van der Waals surface area contributed by atoms with Crippen LogP contribution in [0, 0.1) is 5.92 Å². The van der Waals surface area contributed by atoms with Crippen molar-refractivity contribution in [1.82, 2.24) is 15.6 Å². The monoisotopic (exact) mass is 474 g/mol.